The van der Waals surface area contributed by atoms with E-state index in [1.807, 2.05) is 12.2 Å². The molecule has 0 bridgehead atoms. The monoisotopic (exact) mass is 533 g/mol. The Morgan fingerprint density at radius 2 is 1.59 bits per heavy atom. The fourth-order valence-corrected chi connectivity index (χ4v) is 3.03. The molecule has 0 aromatic heterocycles. The van der Waals surface area contributed by atoms with Gasteiger partial charge in [-0.05, 0) is 26.1 Å². The summed E-state index contributed by atoms with van der Waals surface area (Å²) in [6.45, 7) is 7.55. The van der Waals surface area contributed by atoms with Crippen molar-refractivity contribution in [2.24, 2.45) is 0 Å². The Labute approximate surface area is 216 Å². The average Bonchev–Trinajstić information content (AvgIpc) is 3.10. The Balaban J connectivity index is -0.0000000667. The second-order valence-corrected chi connectivity index (χ2v) is 10.8. The molecule has 0 radical (unpaired) electrons. The van der Waals surface area contributed by atoms with E-state index in [1.165, 1.54) is 11.1 Å². The molecular formula is C24H41Cl2OSiZr-7. The summed E-state index contributed by atoms with van der Waals surface area (Å²) in [7, 11) is -1.36. The number of benzene rings is 1. The molecule has 1 unspecified atom stereocenters. The summed E-state index contributed by atoms with van der Waals surface area (Å²) in [5, 5.41) is 0. The molecule has 29 heavy (non-hydrogen) atoms. The molecule has 3 rings (SSSR count). The minimum Gasteiger partial charge on any atom is -0.418 e. The summed E-state index contributed by atoms with van der Waals surface area (Å²) in [4.78, 5) is 0. The maximum absolute atomic E-state index is 5.89. The maximum Gasteiger partial charge on any atom is 0.183 e. The summed E-state index contributed by atoms with van der Waals surface area (Å²) in [5.41, 5.74) is 2.72. The van der Waals surface area contributed by atoms with Crippen LogP contribution in [0.1, 0.15) is 29.9 Å². The van der Waals surface area contributed by atoms with Gasteiger partial charge in [-0.1, -0.05) is 24.1 Å². The van der Waals surface area contributed by atoms with Crippen molar-refractivity contribution in [3.63, 3.8) is 0 Å². The molecule has 0 saturated heterocycles. The second-order valence-electron chi connectivity index (χ2n) is 6.25. The van der Waals surface area contributed by atoms with Crippen LogP contribution in [0.5, 0.6) is 0 Å². The van der Waals surface area contributed by atoms with E-state index in [0.717, 1.165) is 19.4 Å². The summed E-state index contributed by atoms with van der Waals surface area (Å²) < 4.78 is 5.89. The van der Waals surface area contributed by atoms with Crippen LogP contribution in [0.4, 0.5) is 0 Å². The molecule has 5 heteroatoms. The number of hydrogen-bond donors (Lipinski definition) is 0. The zero-order valence-corrected chi connectivity index (χ0v) is 24.6. The van der Waals surface area contributed by atoms with Crippen molar-refractivity contribution in [2.45, 2.75) is 38.4 Å². The molecule has 1 aromatic carbocycles. The van der Waals surface area contributed by atoms with Gasteiger partial charge in [-0.25, -0.2) is 18.2 Å². The SMILES string of the molecule is C[Si](C)(C)OCCC1[C-]=Cc2ccccc21.Cl.Cl.[C-]1=CC=CC1.[CH3-].[CH3-].[CH3-].[CH3-].[CH3-].[Zr]. The zero-order valence-electron chi connectivity index (χ0n) is 19.5. The maximum atomic E-state index is 5.89. The number of fused-ring (bicyclic) bond motifs is 1. The van der Waals surface area contributed by atoms with E-state index >= 15 is 0 Å². The first-order valence-corrected chi connectivity index (χ1v) is 11.0. The Kier molecular flexibility index (Phi) is 39.5. The van der Waals surface area contributed by atoms with Crippen molar-refractivity contribution < 1.29 is 30.6 Å². The quantitative estimate of drug-likeness (QED) is 0.279. The Hall–Kier alpha value is 0.0800. The predicted octanol–water partition coefficient (Wildman–Crippen LogP) is 8.24. The fraction of sp³-hybridized carbons (Fsp3) is 0.292. The largest absolute Gasteiger partial charge is 0.418 e. The summed E-state index contributed by atoms with van der Waals surface area (Å²) in [6, 6.07) is 8.54. The summed E-state index contributed by atoms with van der Waals surface area (Å²) in [5.74, 6) is 0.438. The van der Waals surface area contributed by atoms with Crippen LogP contribution in [0.3, 0.4) is 0 Å². The van der Waals surface area contributed by atoms with E-state index in [1.54, 1.807) is 0 Å². The number of halogens is 2. The number of hydrogen-bond acceptors (Lipinski definition) is 1. The third-order valence-corrected chi connectivity index (χ3v) is 4.41. The molecule has 0 saturated carbocycles. The van der Waals surface area contributed by atoms with Crippen molar-refractivity contribution in [3.05, 3.63) is 103 Å². The van der Waals surface area contributed by atoms with Crippen LogP contribution >= 0.6 is 24.8 Å². The fourth-order valence-electron chi connectivity index (χ4n) is 2.30. The van der Waals surface area contributed by atoms with E-state index < -0.39 is 8.32 Å². The molecular weight excluding hydrogens is 494 g/mol. The molecule has 1 aromatic rings. The van der Waals surface area contributed by atoms with E-state index in [9.17, 15) is 0 Å². The Morgan fingerprint density at radius 1 is 1.00 bits per heavy atom. The van der Waals surface area contributed by atoms with E-state index in [2.05, 4.69) is 68.2 Å². The molecule has 0 spiro atoms. The van der Waals surface area contributed by atoms with Crippen LogP contribution in [0.15, 0.2) is 42.5 Å². The smallest absolute Gasteiger partial charge is 0.183 e. The molecule has 2 aliphatic rings. The van der Waals surface area contributed by atoms with E-state index in [4.69, 9.17) is 4.43 Å². The van der Waals surface area contributed by atoms with Crippen LogP contribution in [0, 0.1) is 49.3 Å². The van der Waals surface area contributed by atoms with Gasteiger partial charge >= 0.3 is 0 Å². The minimum atomic E-state index is -1.36. The second kappa shape index (κ2) is 24.4. The molecule has 172 valence electrons. The van der Waals surface area contributed by atoms with Crippen molar-refractivity contribution in [1.29, 1.82) is 0 Å². The first kappa shape index (κ1) is 47.0. The topological polar surface area (TPSA) is 9.23 Å². The van der Waals surface area contributed by atoms with Gasteiger partial charge in [0.2, 0.25) is 0 Å². The third-order valence-electron chi connectivity index (χ3n) is 3.34. The van der Waals surface area contributed by atoms with Crippen LogP contribution in [0.25, 0.3) is 6.08 Å². The average molecular weight is 536 g/mol. The molecule has 1 nitrogen and oxygen atoms in total. The Morgan fingerprint density at radius 3 is 2.03 bits per heavy atom. The summed E-state index contributed by atoms with van der Waals surface area (Å²) in [6.07, 6.45) is 16.6. The molecule has 2 aliphatic carbocycles. The van der Waals surface area contributed by atoms with Gasteiger partial charge in [0.1, 0.15) is 0 Å². The minimum absolute atomic E-state index is 0. The van der Waals surface area contributed by atoms with E-state index in [-0.39, 0.29) is 88.2 Å². The molecule has 0 fully saturated rings. The predicted molar refractivity (Wildman–Crippen MR) is 139 cm³/mol. The first-order chi connectivity index (χ1) is 10.1. The van der Waals surface area contributed by atoms with Crippen LogP contribution in [0.2, 0.25) is 19.6 Å². The van der Waals surface area contributed by atoms with Crippen molar-refractivity contribution >= 4 is 39.2 Å². The van der Waals surface area contributed by atoms with Crippen LogP contribution in [-0.4, -0.2) is 14.9 Å². The van der Waals surface area contributed by atoms with Gasteiger partial charge in [0.25, 0.3) is 0 Å². The van der Waals surface area contributed by atoms with Gasteiger partial charge in [0.15, 0.2) is 8.32 Å². The van der Waals surface area contributed by atoms with Crippen LogP contribution < -0.4 is 0 Å². The van der Waals surface area contributed by atoms with Crippen LogP contribution in [-0.2, 0) is 30.6 Å². The van der Waals surface area contributed by atoms with Crippen molar-refractivity contribution in [2.75, 3.05) is 6.61 Å². The number of rotatable bonds is 4. The zero-order chi connectivity index (χ0) is 15.1. The molecule has 0 N–H and O–H groups in total. The van der Waals surface area contributed by atoms with Crippen molar-refractivity contribution in [3.8, 4) is 0 Å². The van der Waals surface area contributed by atoms with Gasteiger partial charge < -0.3 is 41.6 Å². The number of allylic oxidation sites excluding steroid dienone is 5. The molecule has 0 aliphatic heterocycles. The molecule has 1 atom stereocenters. The third kappa shape index (κ3) is 18.6. The van der Waals surface area contributed by atoms with Gasteiger partial charge in [-0.2, -0.15) is 11.6 Å². The van der Waals surface area contributed by atoms with Gasteiger partial charge in [0, 0.05) is 32.8 Å². The molecule has 0 heterocycles. The normalized spacial score (nSPS) is 13.4. The van der Waals surface area contributed by atoms with Crippen molar-refractivity contribution in [1.82, 2.24) is 0 Å². The Bertz CT molecular complexity index is 542. The van der Waals surface area contributed by atoms with Gasteiger partial charge in [-0.15, -0.1) is 42.9 Å². The summed E-state index contributed by atoms with van der Waals surface area (Å²) >= 11 is 0. The molecule has 0 amide bonds. The first-order valence-electron chi connectivity index (χ1n) is 7.60. The standard InChI is InChI=1S/C14H19OSi.C5H5.5CH3.2ClH.Zr/c1-16(2,3)15-11-10-13-9-8-12-6-4-5-7-14(12)13;1-2-4-5-3-1;;;;;;;;/h4-8,13H,10-11H2,1-3H3;1-3H,4H2;5*1H3;2*1H;/q7*-1;;;. The van der Waals surface area contributed by atoms with E-state index in [0.29, 0.717) is 5.92 Å². The van der Waals surface area contributed by atoms with Gasteiger partial charge in [-0.3, -0.25) is 12.2 Å². The van der Waals surface area contributed by atoms with Gasteiger partial charge in [0.05, 0.1) is 0 Å².